The molecular weight excluding hydrogens is 243 g/mol. The number of nitrogens with zero attached hydrogens (tertiary/aromatic N) is 2. The molecule has 0 saturated heterocycles. The molecule has 0 rings (SSSR count). The Morgan fingerprint density at radius 1 is 0.769 bits per heavy atom. The van der Waals surface area contributed by atoms with E-state index in [4.69, 9.17) is 30.6 Å². The molecule has 12 nitrogen and oxygen atoms in total. The Bertz CT molecular complexity index is 70.9. The van der Waals surface area contributed by atoms with Gasteiger partial charge in [0, 0.05) is 17.1 Å². The molecule has 0 fully saturated rings. The van der Waals surface area contributed by atoms with Gasteiger partial charge in [-0.3, -0.25) is 0 Å². The van der Waals surface area contributed by atoms with Crippen LogP contribution in [0, 0.1) is 20.2 Å². The third-order valence-corrected chi connectivity index (χ3v) is 0. The summed E-state index contributed by atoms with van der Waals surface area (Å²) in [4.78, 5) is 16.7. The number of rotatable bonds is 0. The first-order valence-corrected chi connectivity index (χ1v) is 1.13. The molecule has 0 saturated carbocycles. The first-order chi connectivity index (χ1) is 3.46. The van der Waals surface area contributed by atoms with E-state index in [1.165, 1.54) is 0 Å². The van der Waals surface area contributed by atoms with Crippen LogP contribution in [0.2, 0.25) is 0 Å². The van der Waals surface area contributed by atoms with Crippen molar-refractivity contribution >= 4 is 0 Å². The van der Waals surface area contributed by atoms with Crippen LogP contribution < -0.4 is 0 Å². The molecule has 10 N–H and O–H groups in total. The van der Waals surface area contributed by atoms with Crippen molar-refractivity contribution in [3.05, 3.63) is 20.2 Å². The van der Waals surface area contributed by atoms with Gasteiger partial charge in [-0.1, -0.05) is 0 Å². The van der Waals surface area contributed by atoms with E-state index in [0.717, 1.165) is 0 Å². The molecular formula is H10MnN2O10. The SMILES string of the molecule is O.O.O.O.O=[N+]([O-])O.O=[N+]([O-])O.[Mn]. The van der Waals surface area contributed by atoms with Crippen molar-refractivity contribution in [2.45, 2.75) is 0 Å². The van der Waals surface area contributed by atoms with Crippen molar-refractivity contribution in [2.24, 2.45) is 0 Å². The maximum Gasteiger partial charge on any atom is 0.291 e. The van der Waals surface area contributed by atoms with Crippen LogP contribution in [-0.2, 0) is 17.1 Å². The summed E-state index contributed by atoms with van der Waals surface area (Å²) >= 11 is 0. The Hall–Kier alpha value is -1.24. The molecule has 0 aliphatic carbocycles. The summed E-state index contributed by atoms with van der Waals surface area (Å²) in [7, 11) is 0. The Morgan fingerprint density at radius 3 is 0.769 bits per heavy atom. The Labute approximate surface area is 80.7 Å². The van der Waals surface area contributed by atoms with E-state index in [1.54, 1.807) is 0 Å². The third kappa shape index (κ3) is 536. The summed E-state index contributed by atoms with van der Waals surface area (Å²) in [6.07, 6.45) is 0. The standard InChI is InChI=1S/Mn.2HNO3.4H2O/c;2*2-1(3)4;;;;/h;2*(H,2,3,4);4*1H2. The summed E-state index contributed by atoms with van der Waals surface area (Å²) in [6.45, 7) is 0. The largest absolute Gasteiger partial charge is 0.412 e. The third-order valence-electron chi connectivity index (χ3n) is 0. The molecule has 0 aliphatic heterocycles. The second-order valence-electron chi connectivity index (χ2n) is 0.476. The smallest absolute Gasteiger partial charge is 0.291 e. The second-order valence-corrected chi connectivity index (χ2v) is 0.476. The van der Waals surface area contributed by atoms with Gasteiger partial charge < -0.3 is 32.3 Å². The van der Waals surface area contributed by atoms with Crippen LogP contribution in [0.25, 0.3) is 0 Å². The number of hydrogen-bond acceptors (Lipinski definition) is 4. The van der Waals surface area contributed by atoms with Crippen LogP contribution in [0.15, 0.2) is 0 Å². The van der Waals surface area contributed by atoms with Crippen molar-refractivity contribution in [3.8, 4) is 0 Å². The molecule has 87 valence electrons. The van der Waals surface area contributed by atoms with E-state index in [2.05, 4.69) is 0 Å². The quantitative estimate of drug-likeness (QED) is 0.246. The van der Waals surface area contributed by atoms with Gasteiger partial charge in [0.05, 0.1) is 0 Å². The summed E-state index contributed by atoms with van der Waals surface area (Å²) in [5.74, 6) is 0. The molecule has 0 bridgehead atoms. The summed E-state index contributed by atoms with van der Waals surface area (Å²) < 4.78 is 0. The Balaban J connectivity index is -0.00000000800. The predicted molar refractivity (Wildman–Crippen MR) is 32.0 cm³/mol. The van der Waals surface area contributed by atoms with E-state index in [1.807, 2.05) is 0 Å². The van der Waals surface area contributed by atoms with Crippen molar-refractivity contribution in [2.75, 3.05) is 0 Å². The Morgan fingerprint density at radius 2 is 0.769 bits per heavy atom. The van der Waals surface area contributed by atoms with Crippen LogP contribution in [0.4, 0.5) is 0 Å². The molecule has 0 spiro atoms. The first kappa shape index (κ1) is 60.1. The maximum atomic E-state index is 8.36. The molecule has 0 aromatic rings. The van der Waals surface area contributed by atoms with Gasteiger partial charge in [0.15, 0.2) is 0 Å². The normalized spacial score (nSPS) is 3.69. The van der Waals surface area contributed by atoms with E-state index in [9.17, 15) is 0 Å². The van der Waals surface area contributed by atoms with Crippen molar-refractivity contribution in [1.82, 2.24) is 0 Å². The van der Waals surface area contributed by atoms with Crippen LogP contribution in [0.1, 0.15) is 0 Å². The fraction of sp³-hybridized carbons (Fsp3) is 0. The fourth-order valence-electron chi connectivity index (χ4n) is 0. The topological polar surface area (TPSA) is 253 Å². The summed E-state index contributed by atoms with van der Waals surface area (Å²) in [6, 6.07) is 0. The van der Waals surface area contributed by atoms with Gasteiger partial charge in [0.25, 0.3) is 10.2 Å². The molecule has 0 aromatic carbocycles. The molecule has 0 atom stereocenters. The van der Waals surface area contributed by atoms with Gasteiger partial charge in [-0.05, 0) is 0 Å². The zero-order valence-corrected chi connectivity index (χ0v) is 6.98. The Kier molecular flexibility index (Phi) is 209. The molecule has 13 heavy (non-hydrogen) atoms. The van der Waals surface area contributed by atoms with E-state index in [0.29, 0.717) is 0 Å². The van der Waals surface area contributed by atoms with Gasteiger partial charge in [0.1, 0.15) is 0 Å². The second kappa shape index (κ2) is 45.2. The molecule has 13 heteroatoms. The average molecular weight is 253 g/mol. The molecule has 1 radical (unpaired) electrons. The van der Waals surface area contributed by atoms with Crippen LogP contribution in [0.5, 0.6) is 0 Å². The molecule has 0 amide bonds. The van der Waals surface area contributed by atoms with Crippen molar-refractivity contribution < 1.29 is 59.6 Å². The van der Waals surface area contributed by atoms with Gasteiger partial charge >= 0.3 is 0 Å². The zero-order valence-electron chi connectivity index (χ0n) is 5.80. The first-order valence-electron chi connectivity index (χ1n) is 1.13. The van der Waals surface area contributed by atoms with Gasteiger partial charge in [0.2, 0.25) is 0 Å². The van der Waals surface area contributed by atoms with Gasteiger partial charge in [-0.2, -0.15) is 0 Å². The number of hydrogen-bond donors (Lipinski definition) is 2. The minimum absolute atomic E-state index is 0. The zero-order chi connectivity index (χ0) is 7.15. The molecule has 0 unspecified atom stereocenters. The maximum absolute atomic E-state index is 8.36. The fourth-order valence-corrected chi connectivity index (χ4v) is 0. The summed E-state index contributed by atoms with van der Waals surface area (Å²) in [5.41, 5.74) is 0. The summed E-state index contributed by atoms with van der Waals surface area (Å²) in [5, 5.41) is 27.3. The predicted octanol–water partition coefficient (Wildman–Crippen LogP) is -4.00. The minimum atomic E-state index is -1.50. The van der Waals surface area contributed by atoms with Crippen molar-refractivity contribution in [1.29, 1.82) is 0 Å². The monoisotopic (exact) mass is 253 g/mol. The van der Waals surface area contributed by atoms with E-state index in [-0.39, 0.29) is 39.0 Å². The van der Waals surface area contributed by atoms with Crippen molar-refractivity contribution in [3.63, 3.8) is 0 Å². The van der Waals surface area contributed by atoms with Crippen LogP contribution >= 0.6 is 0 Å². The van der Waals surface area contributed by atoms with Gasteiger partial charge in [-0.15, -0.1) is 20.2 Å². The van der Waals surface area contributed by atoms with Crippen LogP contribution in [0.3, 0.4) is 0 Å². The van der Waals surface area contributed by atoms with E-state index >= 15 is 0 Å². The molecule has 0 heterocycles. The van der Waals surface area contributed by atoms with E-state index < -0.39 is 10.2 Å². The molecule has 0 aliphatic rings. The van der Waals surface area contributed by atoms with Gasteiger partial charge in [-0.25, -0.2) is 0 Å². The van der Waals surface area contributed by atoms with Crippen LogP contribution in [-0.4, -0.2) is 42.5 Å². The molecule has 0 aromatic heterocycles. The average Bonchev–Trinajstić information content (AvgIpc) is 1.25. The minimum Gasteiger partial charge on any atom is -0.412 e.